The topological polar surface area (TPSA) is 29.4 Å². The average Bonchev–Trinajstić information content (AvgIpc) is 2.42. The first-order valence-corrected chi connectivity index (χ1v) is 5.97. The zero-order valence-corrected chi connectivity index (χ0v) is 10.3. The van der Waals surface area contributed by atoms with Gasteiger partial charge in [0.1, 0.15) is 0 Å². The van der Waals surface area contributed by atoms with E-state index in [4.69, 9.17) is 0 Å². The number of hydrogen-bond acceptors (Lipinski definition) is 2. The normalized spacial score (nSPS) is 11.6. The summed E-state index contributed by atoms with van der Waals surface area (Å²) in [5, 5.41) is 0. The minimum Gasteiger partial charge on any atom is -0.211 e. The Labute approximate surface area is 107 Å². The van der Waals surface area contributed by atoms with Gasteiger partial charge in [0.15, 0.2) is 0 Å². The first-order valence-electron chi connectivity index (χ1n) is 5.97. The summed E-state index contributed by atoms with van der Waals surface area (Å²) in [6.45, 7) is 2.07. The molecule has 0 saturated carbocycles. The summed E-state index contributed by atoms with van der Waals surface area (Å²) in [4.78, 5) is 14.5. The van der Waals surface area contributed by atoms with Gasteiger partial charge in [-0.25, -0.2) is 4.79 Å². The lowest BCUT2D eigenvalue weighted by molar-refractivity contribution is 0.557. The Morgan fingerprint density at radius 2 is 1.72 bits per heavy atom. The fourth-order valence-corrected chi connectivity index (χ4v) is 2.02. The van der Waals surface area contributed by atoms with Gasteiger partial charge >= 0.3 is 0 Å². The van der Waals surface area contributed by atoms with E-state index in [-0.39, 0.29) is 6.04 Å². The van der Waals surface area contributed by atoms with E-state index in [1.165, 1.54) is 11.1 Å². The molecule has 0 saturated heterocycles. The van der Waals surface area contributed by atoms with Crippen molar-refractivity contribution in [2.45, 2.75) is 19.4 Å². The smallest absolute Gasteiger partial charge is 0.211 e. The van der Waals surface area contributed by atoms with Gasteiger partial charge in [-0.1, -0.05) is 54.6 Å². The second-order valence-electron chi connectivity index (χ2n) is 4.28. The molecule has 0 aliphatic rings. The molecule has 2 rings (SSSR count). The second-order valence-corrected chi connectivity index (χ2v) is 4.28. The predicted molar refractivity (Wildman–Crippen MR) is 72.2 cm³/mol. The second kappa shape index (κ2) is 5.95. The third kappa shape index (κ3) is 2.93. The predicted octanol–water partition coefficient (Wildman–Crippen LogP) is 3.61. The van der Waals surface area contributed by atoms with Crippen LogP contribution in [0.1, 0.15) is 22.7 Å². The summed E-state index contributed by atoms with van der Waals surface area (Å²) in [6, 6.07) is 17.9. The highest BCUT2D eigenvalue weighted by Gasteiger charge is 2.11. The van der Waals surface area contributed by atoms with Crippen LogP contribution >= 0.6 is 0 Å². The van der Waals surface area contributed by atoms with Gasteiger partial charge in [0.2, 0.25) is 6.08 Å². The van der Waals surface area contributed by atoms with Gasteiger partial charge in [-0.15, -0.1) is 0 Å². The number of benzene rings is 2. The molecule has 0 aliphatic carbocycles. The summed E-state index contributed by atoms with van der Waals surface area (Å²) < 4.78 is 0. The van der Waals surface area contributed by atoms with Crippen molar-refractivity contribution in [3.63, 3.8) is 0 Å². The summed E-state index contributed by atoms with van der Waals surface area (Å²) in [5.41, 5.74) is 3.48. The molecule has 90 valence electrons. The minimum atomic E-state index is -0.148. The summed E-state index contributed by atoms with van der Waals surface area (Å²) in [6.07, 6.45) is 2.41. The average molecular weight is 237 g/mol. The van der Waals surface area contributed by atoms with E-state index in [0.29, 0.717) is 0 Å². The van der Waals surface area contributed by atoms with Crippen LogP contribution in [-0.4, -0.2) is 6.08 Å². The molecule has 0 bridgehead atoms. The largest absolute Gasteiger partial charge is 0.235 e. The highest BCUT2D eigenvalue weighted by molar-refractivity contribution is 5.37. The quantitative estimate of drug-likeness (QED) is 0.590. The molecule has 1 atom stereocenters. The molecule has 0 unspecified atom stereocenters. The first kappa shape index (κ1) is 12.3. The fraction of sp³-hybridized carbons (Fsp3) is 0.188. The first-order chi connectivity index (χ1) is 8.81. The molecule has 2 heteroatoms. The number of carbonyl (C=O) groups excluding carboxylic acids is 1. The molecular weight excluding hydrogens is 222 g/mol. The summed E-state index contributed by atoms with van der Waals surface area (Å²) in [5.74, 6) is 0. The van der Waals surface area contributed by atoms with Crippen molar-refractivity contribution < 1.29 is 4.79 Å². The van der Waals surface area contributed by atoms with Crippen LogP contribution < -0.4 is 0 Å². The van der Waals surface area contributed by atoms with Crippen LogP contribution in [0, 0.1) is 6.92 Å². The molecule has 2 nitrogen and oxygen atoms in total. The zero-order chi connectivity index (χ0) is 12.8. The maximum atomic E-state index is 10.6. The zero-order valence-electron chi connectivity index (χ0n) is 10.3. The number of aryl methyl sites for hydroxylation is 1. The van der Waals surface area contributed by atoms with E-state index in [1.807, 2.05) is 42.5 Å². The van der Waals surface area contributed by atoms with Gasteiger partial charge in [-0.3, -0.25) is 0 Å². The SMILES string of the molecule is Cc1ccccc1C[C@H](N=C=O)c1ccccc1. The van der Waals surface area contributed by atoms with Gasteiger partial charge in [-0.2, -0.15) is 4.99 Å². The number of hydrogen-bond donors (Lipinski definition) is 0. The lowest BCUT2D eigenvalue weighted by Gasteiger charge is -2.12. The minimum absolute atomic E-state index is 0.148. The monoisotopic (exact) mass is 237 g/mol. The van der Waals surface area contributed by atoms with Crippen LogP contribution in [0.25, 0.3) is 0 Å². The highest BCUT2D eigenvalue weighted by atomic mass is 16.1. The van der Waals surface area contributed by atoms with Gasteiger partial charge in [0.25, 0.3) is 0 Å². The molecule has 0 fully saturated rings. The Morgan fingerprint density at radius 3 is 2.39 bits per heavy atom. The molecule has 0 spiro atoms. The van der Waals surface area contributed by atoms with Crippen molar-refractivity contribution in [3.05, 3.63) is 71.3 Å². The van der Waals surface area contributed by atoms with E-state index in [2.05, 4.69) is 24.0 Å². The van der Waals surface area contributed by atoms with Crippen molar-refractivity contribution in [2.24, 2.45) is 4.99 Å². The molecule has 0 N–H and O–H groups in total. The van der Waals surface area contributed by atoms with Crippen LogP contribution in [-0.2, 0) is 11.2 Å². The highest BCUT2D eigenvalue weighted by Crippen LogP contribution is 2.23. The fourth-order valence-electron chi connectivity index (χ4n) is 2.02. The van der Waals surface area contributed by atoms with E-state index in [9.17, 15) is 4.79 Å². The van der Waals surface area contributed by atoms with E-state index in [1.54, 1.807) is 6.08 Å². The molecule has 0 aliphatic heterocycles. The molecule has 2 aromatic carbocycles. The maximum Gasteiger partial charge on any atom is 0.235 e. The summed E-state index contributed by atoms with van der Waals surface area (Å²) in [7, 11) is 0. The standard InChI is InChI=1S/C16H15NO/c1-13-7-5-6-10-15(13)11-16(17-12-18)14-8-3-2-4-9-14/h2-10,16H,11H2,1H3/t16-/m0/s1. The Balaban J connectivity index is 2.28. The van der Waals surface area contributed by atoms with Crippen molar-refractivity contribution in [1.82, 2.24) is 0 Å². The van der Waals surface area contributed by atoms with Crippen LogP contribution in [0.3, 0.4) is 0 Å². The van der Waals surface area contributed by atoms with Crippen molar-refractivity contribution in [1.29, 1.82) is 0 Å². The van der Waals surface area contributed by atoms with Gasteiger partial charge < -0.3 is 0 Å². The third-order valence-electron chi connectivity index (χ3n) is 3.07. The van der Waals surface area contributed by atoms with E-state index in [0.717, 1.165) is 12.0 Å². The molecule has 0 heterocycles. The Bertz CT molecular complexity index is 556. The summed E-state index contributed by atoms with van der Waals surface area (Å²) >= 11 is 0. The number of aliphatic imine (C=N–C) groups is 1. The number of nitrogens with zero attached hydrogens (tertiary/aromatic N) is 1. The van der Waals surface area contributed by atoms with Crippen LogP contribution in [0.15, 0.2) is 59.6 Å². The maximum absolute atomic E-state index is 10.6. The molecule has 0 radical (unpaired) electrons. The molecule has 2 aromatic rings. The molecule has 0 aromatic heterocycles. The molecule has 0 amide bonds. The van der Waals surface area contributed by atoms with Gasteiger partial charge in [0.05, 0.1) is 6.04 Å². The lowest BCUT2D eigenvalue weighted by Crippen LogP contribution is -2.01. The van der Waals surface area contributed by atoms with Crippen molar-refractivity contribution >= 4 is 6.08 Å². The van der Waals surface area contributed by atoms with Crippen LogP contribution in [0.4, 0.5) is 0 Å². The van der Waals surface area contributed by atoms with Gasteiger partial charge in [0, 0.05) is 6.42 Å². The molecular formula is C16H15NO. The van der Waals surface area contributed by atoms with Crippen molar-refractivity contribution in [3.8, 4) is 0 Å². The lowest BCUT2D eigenvalue weighted by atomic mass is 9.97. The Kier molecular flexibility index (Phi) is 4.06. The Morgan fingerprint density at radius 1 is 1.06 bits per heavy atom. The van der Waals surface area contributed by atoms with E-state index < -0.39 is 0 Å². The number of rotatable bonds is 4. The Hall–Kier alpha value is -2.18. The van der Waals surface area contributed by atoms with Gasteiger partial charge in [-0.05, 0) is 23.6 Å². The van der Waals surface area contributed by atoms with Crippen molar-refractivity contribution in [2.75, 3.05) is 0 Å². The number of isocyanates is 1. The third-order valence-corrected chi connectivity index (χ3v) is 3.07. The van der Waals surface area contributed by atoms with Crippen LogP contribution in [0.5, 0.6) is 0 Å². The van der Waals surface area contributed by atoms with Crippen LogP contribution in [0.2, 0.25) is 0 Å². The van der Waals surface area contributed by atoms with E-state index >= 15 is 0 Å². The molecule has 18 heavy (non-hydrogen) atoms.